The van der Waals surface area contributed by atoms with Crippen LogP contribution in [0.25, 0.3) is 10.9 Å². The van der Waals surface area contributed by atoms with Gasteiger partial charge in [0, 0.05) is 47.0 Å². The zero-order valence-electron chi connectivity index (χ0n) is 16.8. The number of hydrogen-bond acceptors (Lipinski definition) is 5. The van der Waals surface area contributed by atoms with Crippen LogP contribution in [0.1, 0.15) is 23.4 Å². The maximum Gasteiger partial charge on any atom is 0.107 e. The first-order valence-corrected chi connectivity index (χ1v) is 11.5. The van der Waals surface area contributed by atoms with Crippen LogP contribution in [0.5, 0.6) is 0 Å². The minimum absolute atomic E-state index is 0.714. The van der Waals surface area contributed by atoms with Gasteiger partial charge >= 0.3 is 0 Å². The topological polar surface area (TPSA) is 41.0 Å². The molecule has 0 atom stereocenters. The molecule has 4 nitrogen and oxygen atoms in total. The Hall–Kier alpha value is -2.47. The van der Waals surface area contributed by atoms with E-state index in [1.54, 1.807) is 11.3 Å². The van der Waals surface area contributed by atoms with E-state index in [1.807, 2.05) is 42.0 Å². The number of nitrogens with zero attached hydrogens (tertiary/aromatic N) is 3. The van der Waals surface area contributed by atoms with E-state index in [9.17, 15) is 0 Å². The van der Waals surface area contributed by atoms with Gasteiger partial charge in [-0.25, -0.2) is 4.98 Å². The Balaban J connectivity index is 1.30. The molecule has 2 aromatic heterocycles. The number of unbranched alkanes of at least 4 members (excludes halogenated alkanes) is 1. The highest BCUT2D eigenvalue weighted by Crippen LogP contribution is 2.24. The van der Waals surface area contributed by atoms with Crippen molar-refractivity contribution in [3.8, 4) is 0 Å². The largest absolute Gasteiger partial charge is 0.384 e. The number of benzene rings is 2. The zero-order chi connectivity index (χ0) is 20.6. The summed E-state index contributed by atoms with van der Waals surface area (Å²) < 4.78 is 0. The SMILES string of the molecule is Clc1ccc2c(NCCCCN(Cc3ccccc3)Cc3nccs3)ccnc2c1. The summed E-state index contributed by atoms with van der Waals surface area (Å²) in [5, 5.41) is 8.61. The predicted octanol–water partition coefficient (Wildman–Crippen LogP) is 6.24. The van der Waals surface area contributed by atoms with Gasteiger partial charge in [-0.05, 0) is 49.2 Å². The lowest BCUT2D eigenvalue weighted by Gasteiger charge is -2.21. The molecule has 2 aromatic carbocycles. The molecule has 0 aliphatic heterocycles. The van der Waals surface area contributed by atoms with Crippen LogP contribution in [0.15, 0.2) is 72.4 Å². The van der Waals surface area contributed by atoms with Gasteiger partial charge < -0.3 is 5.32 Å². The Labute approximate surface area is 186 Å². The molecule has 30 heavy (non-hydrogen) atoms. The highest BCUT2D eigenvalue weighted by atomic mass is 35.5. The third-order valence-corrected chi connectivity index (χ3v) is 6.01. The van der Waals surface area contributed by atoms with E-state index in [-0.39, 0.29) is 0 Å². The van der Waals surface area contributed by atoms with Gasteiger partial charge in [0.05, 0.1) is 12.1 Å². The molecule has 0 amide bonds. The van der Waals surface area contributed by atoms with E-state index in [4.69, 9.17) is 11.6 Å². The highest BCUT2D eigenvalue weighted by Gasteiger charge is 2.09. The van der Waals surface area contributed by atoms with Crippen LogP contribution in [0, 0.1) is 0 Å². The fourth-order valence-corrected chi connectivity index (χ4v) is 4.36. The minimum atomic E-state index is 0.714. The van der Waals surface area contributed by atoms with Crippen molar-refractivity contribution in [1.29, 1.82) is 0 Å². The molecular weight excluding hydrogens is 412 g/mol. The van der Waals surface area contributed by atoms with Crippen LogP contribution in [0.3, 0.4) is 0 Å². The first-order chi connectivity index (χ1) is 14.8. The van der Waals surface area contributed by atoms with E-state index in [0.717, 1.165) is 55.6 Å². The molecule has 0 radical (unpaired) electrons. The lowest BCUT2D eigenvalue weighted by molar-refractivity contribution is 0.252. The average Bonchev–Trinajstić information content (AvgIpc) is 3.27. The number of pyridine rings is 1. The molecule has 4 aromatic rings. The lowest BCUT2D eigenvalue weighted by Crippen LogP contribution is -2.24. The first-order valence-electron chi connectivity index (χ1n) is 10.2. The Bertz CT molecular complexity index is 1050. The molecule has 0 unspecified atom stereocenters. The molecule has 0 saturated heterocycles. The summed E-state index contributed by atoms with van der Waals surface area (Å²) in [4.78, 5) is 11.4. The molecule has 0 spiro atoms. The minimum Gasteiger partial charge on any atom is -0.384 e. The van der Waals surface area contributed by atoms with Crippen molar-refractivity contribution in [3.05, 3.63) is 88.0 Å². The van der Waals surface area contributed by atoms with Crippen LogP contribution < -0.4 is 5.32 Å². The highest BCUT2D eigenvalue weighted by molar-refractivity contribution is 7.09. The molecule has 1 N–H and O–H groups in total. The molecule has 0 aliphatic rings. The molecule has 0 saturated carbocycles. The Kier molecular flexibility index (Phi) is 7.29. The quantitative estimate of drug-likeness (QED) is 0.299. The van der Waals surface area contributed by atoms with Crippen LogP contribution in [0.4, 0.5) is 5.69 Å². The first kappa shape index (κ1) is 20.8. The van der Waals surface area contributed by atoms with Gasteiger partial charge in [0.1, 0.15) is 5.01 Å². The second kappa shape index (κ2) is 10.5. The lowest BCUT2D eigenvalue weighted by atomic mass is 10.2. The van der Waals surface area contributed by atoms with Gasteiger partial charge in [-0.15, -0.1) is 11.3 Å². The summed E-state index contributed by atoms with van der Waals surface area (Å²) in [6, 6.07) is 18.5. The van der Waals surface area contributed by atoms with E-state index in [2.05, 4.69) is 50.5 Å². The second-order valence-corrected chi connectivity index (χ2v) is 8.69. The number of hydrogen-bond donors (Lipinski definition) is 1. The molecule has 154 valence electrons. The summed E-state index contributed by atoms with van der Waals surface area (Å²) >= 11 is 7.81. The summed E-state index contributed by atoms with van der Waals surface area (Å²) in [7, 11) is 0. The van der Waals surface area contributed by atoms with Gasteiger partial charge in [-0.1, -0.05) is 41.9 Å². The predicted molar refractivity (Wildman–Crippen MR) is 127 cm³/mol. The van der Waals surface area contributed by atoms with Gasteiger partial charge in [0.2, 0.25) is 0 Å². The zero-order valence-corrected chi connectivity index (χ0v) is 18.4. The normalized spacial score (nSPS) is 11.3. The van der Waals surface area contributed by atoms with Crippen molar-refractivity contribution >= 4 is 39.5 Å². The molecule has 0 aliphatic carbocycles. The van der Waals surface area contributed by atoms with Crippen molar-refractivity contribution in [2.75, 3.05) is 18.4 Å². The maximum atomic E-state index is 6.09. The molecule has 0 bridgehead atoms. The molecular formula is C24H25ClN4S. The van der Waals surface area contributed by atoms with Crippen LogP contribution in [-0.4, -0.2) is 28.0 Å². The Morgan fingerprint density at radius 3 is 2.67 bits per heavy atom. The van der Waals surface area contributed by atoms with E-state index >= 15 is 0 Å². The van der Waals surface area contributed by atoms with Gasteiger partial charge in [0.25, 0.3) is 0 Å². The number of thiazole rings is 1. The standard InChI is InChI=1S/C24H25ClN4S/c25-20-8-9-21-22(10-12-27-23(21)16-20)26-11-4-5-14-29(18-24-28-13-15-30-24)17-19-6-2-1-3-7-19/h1-3,6-10,12-13,15-16H,4-5,11,14,17-18H2,(H,26,27). The van der Waals surface area contributed by atoms with Crippen molar-refractivity contribution in [2.45, 2.75) is 25.9 Å². The summed E-state index contributed by atoms with van der Waals surface area (Å²) in [6.45, 7) is 3.82. The average molecular weight is 437 g/mol. The monoisotopic (exact) mass is 436 g/mol. The van der Waals surface area contributed by atoms with Crippen LogP contribution in [0.2, 0.25) is 5.02 Å². The van der Waals surface area contributed by atoms with E-state index < -0.39 is 0 Å². The molecule has 0 fully saturated rings. The Morgan fingerprint density at radius 1 is 0.933 bits per heavy atom. The third kappa shape index (κ3) is 5.79. The number of halogens is 1. The fraction of sp³-hybridized carbons (Fsp3) is 0.250. The van der Waals surface area contributed by atoms with Crippen molar-refractivity contribution in [2.24, 2.45) is 0 Å². The number of rotatable bonds is 10. The number of anilines is 1. The number of aromatic nitrogens is 2. The van der Waals surface area contributed by atoms with Gasteiger partial charge in [-0.3, -0.25) is 9.88 Å². The van der Waals surface area contributed by atoms with E-state index in [1.165, 1.54) is 10.6 Å². The third-order valence-electron chi connectivity index (χ3n) is 5.01. The smallest absolute Gasteiger partial charge is 0.107 e. The van der Waals surface area contributed by atoms with Crippen molar-refractivity contribution < 1.29 is 0 Å². The number of nitrogens with one attached hydrogen (secondary N) is 1. The van der Waals surface area contributed by atoms with Gasteiger partial charge in [-0.2, -0.15) is 0 Å². The summed E-state index contributed by atoms with van der Waals surface area (Å²) in [5.74, 6) is 0. The molecule has 4 rings (SSSR count). The Morgan fingerprint density at radius 2 is 1.83 bits per heavy atom. The van der Waals surface area contributed by atoms with Crippen molar-refractivity contribution in [3.63, 3.8) is 0 Å². The number of fused-ring (bicyclic) bond motifs is 1. The fourth-order valence-electron chi connectivity index (χ4n) is 3.54. The molecule has 6 heteroatoms. The summed E-state index contributed by atoms with van der Waals surface area (Å²) in [6.07, 6.45) is 5.94. The van der Waals surface area contributed by atoms with Gasteiger partial charge in [0.15, 0.2) is 0 Å². The maximum absolute atomic E-state index is 6.09. The molecule has 2 heterocycles. The van der Waals surface area contributed by atoms with Crippen LogP contribution in [-0.2, 0) is 13.1 Å². The summed E-state index contributed by atoms with van der Waals surface area (Å²) in [5.41, 5.74) is 3.37. The van der Waals surface area contributed by atoms with Crippen LogP contribution >= 0.6 is 22.9 Å². The second-order valence-electron chi connectivity index (χ2n) is 7.28. The van der Waals surface area contributed by atoms with Crippen molar-refractivity contribution in [1.82, 2.24) is 14.9 Å². The van der Waals surface area contributed by atoms with E-state index in [0.29, 0.717) is 5.02 Å².